The molecule has 1 aromatic heterocycles. The normalized spacial score (nSPS) is 11.5. The molecule has 0 fully saturated rings. The molecule has 0 aliphatic rings. The van der Waals surface area contributed by atoms with Gasteiger partial charge in [-0.1, -0.05) is 60.2 Å². The summed E-state index contributed by atoms with van der Waals surface area (Å²) in [4.78, 5) is 16.5. The predicted molar refractivity (Wildman–Crippen MR) is 135 cm³/mol. The average Bonchev–Trinajstić information content (AvgIpc) is 3.26. The van der Waals surface area contributed by atoms with Gasteiger partial charge in [0.15, 0.2) is 0 Å². The van der Waals surface area contributed by atoms with Gasteiger partial charge >= 0.3 is 0 Å². The molecular weight excluding hydrogens is 452 g/mol. The Balaban J connectivity index is 1.91. The Morgan fingerprint density at radius 3 is 2.24 bits per heavy atom. The predicted octanol–water partition coefficient (Wildman–Crippen LogP) is 5.08. The van der Waals surface area contributed by atoms with Crippen molar-refractivity contribution in [3.8, 4) is 0 Å². The van der Waals surface area contributed by atoms with Crippen LogP contribution in [-0.4, -0.2) is 36.6 Å². The van der Waals surface area contributed by atoms with E-state index in [2.05, 4.69) is 6.58 Å². The SMILES string of the molecule is C=CCN(CC(=O)N(Cc1ccccc1)Cc1cccs1)S(=O)(=O)c1c(C)cc(C)cc1C. The zero-order chi connectivity index (χ0) is 24.0. The number of hydrogen-bond donors (Lipinski definition) is 0. The summed E-state index contributed by atoms with van der Waals surface area (Å²) in [5.41, 5.74) is 3.34. The summed E-state index contributed by atoms with van der Waals surface area (Å²) in [5, 5.41) is 1.97. The standard InChI is InChI=1S/C26H30N2O3S2/c1-5-13-28(33(30,31)26-21(3)15-20(2)16-22(26)4)19-25(29)27(18-24-12-9-14-32-24)17-23-10-7-6-8-11-23/h5-12,14-16H,1,13,17-19H2,2-4H3. The second kappa shape index (κ2) is 10.9. The molecule has 174 valence electrons. The van der Waals surface area contributed by atoms with Gasteiger partial charge in [-0.05, 0) is 48.9 Å². The van der Waals surface area contributed by atoms with Gasteiger partial charge < -0.3 is 4.90 Å². The van der Waals surface area contributed by atoms with Crippen LogP contribution in [0.2, 0.25) is 0 Å². The third-order valence-electron chi connectivity index (χ3n) is 5.34. The number of sulfonamides is 1. The van der Waals surface area contributed by atoms with E-state index in [1.54, 1.807) is 30.1 Å². The van der Waals surface area contributed by atoms with Crippen LogP contribution in [0.4, 0.5) is 0 Å². The molecule has 3 aromatic rings. The smallest absolute Gasteiger partial charge is 0.244 e. The second-order valence-electron chi connectivity index (χ2n) is 8.13. The Kier molecular flexibility index (Phi) is 8.24. The maximum absolute atomic E-state index is 13.6. The number of hydrogen-bond acceptors (Lipinski definition) is 4. The summed E-state index contributed by atoms with van der Waals surface area (Å²) in [6.07, 6.45) is 1.52. The van der Waals surface area contributed by atoms with Gasteiger partial charge in [-0.2, -0.15) is 4.31 Å². The van der Waals surface area contributed by atoms with Crippen LogP contribution in [0.25, 0.3) is 0 Å². The van der Waals surface area contributed by atoms with Gasteiger partial charge in [0.1, 0.15) is 0 Å². The molecule has 1 heterocycles. The minimum atomic E-state index is -3.89. The lowest BCUT2D eigenvalue weighted by atomic mass is 10.1. The fraction of sp³-hybridized carbons (Fsp3) is 0.269. The minimum absolute atomic E-state index is 0.0546. The molecule has 0 N–H and O–H groups in total. The van der Waals surface area contributed by atoms with Gasteiger partial charge in [0.05, 0.1) is 18.0 Å². The molecule has 0 aliphatic carbocycles. The highest BCUT2D eigenvalue weighted by Crippen LogP contribution is 2.26. The first-order chi connectivity index (χ1) is 15.7. The number of carbonyl (C=O) groups excluding carboxylic acids is 1. The number of carbonyl (C=O) groups is 1. The third kappa shape index (κ3) is 6.19. The molecule has 5 nitrogen and oxygen atoms in total. The molecule has 1 amide bonds. The Bertz CT molecular complexity index is 1180. The number of aryl methyl sites for hydroxylation is 3. The fourth-order valence-electron chi connectivity index (χ4n) is 3.97. The van der Waals surface area contributed by atoms with Crippen LogP contribution in [-0.2, 0) is 27.9 Å². The van der Waals surface area contributed by atoms with Crippen LogP contribution in [0.3, 0.4) is 0 Å². The first-order valence-electron chi connectivity index (χ1n) is 10.8. The molecule has 33 heavy (non-hydrogen) atoms. The van der Waals surface area contributed by atoms with Crippen molar-refractivity contribution in [1.29, 1.82) is 0 Å². The van der Waals surface area contributed by atoms with Gasteiger partial charge in [-0.25, -0.2) is 8.42 Å². The summed E-state index contributed by atoms with van der Waals surface area (Å²) in [5.74, 6) is -0.250. The van der Waals surface area contributed by atoms with Crippen LogP contribution in [0.1, 0.15) is 27.1 Å². The van der Waals surface area contributed by atoms with Crippen molar-refractivity contribution in [1.82, 2.24) is 9.21 Å². The second-order valence-corrected chi connectivity index (χ2v) is 11.0. The maximum Gasteiger partial charge on any atom is 0.244 e. The molecule has 0 radical (unpaired) electrons. The van der Waals surface area contributed by atoms with Gasteiger partial charge in [0.2, 0.25) is 15.9 Å². The molecular formula is C26H30N2O3S2. The zero-order valence-corrected chi connectivity index (χ0v) is 21.0. The van der Waals surface area contributed by atoms with E-state index >= 15 is 0 Å². The molecule has 7 heteroatoms. The number of benzene rings is 2. The first kappa shape index (κ1) is 24.9. The van der Waals surface area contributed by atoms with Gasteiger partial charge in [0.25, 0.3) is 0 Å². The Hall–Kier alpha value is -2.74. The highest BCUT2D eigenvalue weighted by molar-refractivity contribution is 7.89. The maximum atomic E-state index is 13.6. The largest absolute Gasteiger partial charge is 0.332 e. The van der Waals surface area contributed by atoms with E-state index in [0.717, 1.165) is 16.0 Å². The van der Waals surface area contributed by atoms with E-state index in [-0.39, 0.29) is 23.9 Å². The molecule has 2 aromatic carbocycles. The van der Waals surface area contributed by atoms with Crippen LogP contribution < -0.4 is 0 Å². The lowest BCUT2D eigenvalue weighted by Gasteiger charge is -2.27. The molecule has 3 rings (SSSR count). The van der Waals surface area contributed by atoms with Crippen molar-refractivity contribution in [2.75, 3.05) is 13.1 Å². The number of thiophene rings is 1. The molecule has 0 spiro atoms. The summed E-state index contributed by atoms with van der Waals surface area (Å²) in [6, 6.07) is 17.4. The van der Waals surface area contributed by atoms with E-state index in [1.165, 1.54) is 10.4 Å². The Labute approximate surface area is 201 Å². The number of nitrogens with zero attached hydrogens (tertiary/aromatic N) is 2. The summed E-state index contributed by atoms with van der Waals surface area (Å²) < 4.78 is 28.5. The lowest BCUT2D eigenvalue weighted by Crippen LogP contribution is -2.42. The first-order valence-corrected chi connectivity index (χ1v) is 13.1. The summed E-state index contributed by atoms with van der Waals surface area (Å²) >= 11 is 1.57. The van der Waals surface area contributed by atoms with E-state index in [1.807, 2.05) is 66.9 Å². The van der Waals surface area contributed by atoms with Gasteiger partial charge in [-0.15, -0.1) is 17.9 Å². The number of rotatable bonds is 10. The van der Waals surface area contributed by atoms with E-state index in [9.17, 15) is 13.2 Å². The monoisotopic (exact) mass is 482 g/mol. The van der Waals surface area contributed by atoms with Crippen molar-refractivity contribution in [2.45, 2.75) is 38.8 Å². The third-order valence-corrected chi connectivity index (χ3v) is 8.32. The van der Waals surface area contributed by atoms with E-state index < -0.39 is 10.0 Å². The molecule has 0 unspecified atom stereocenters. The lowest BCUT2D eigenvalue weighted by molar-refractivity contribution is -0.132. The van der Waals surface area contributed by atoms with Crippen molar-refractivity contribution < 1.29 is 13.2 Å². The molecule has 0 atom stereocenters. The zero-order valence-electron chi connectivity index (χ0n) is 19.3. The van der Waals surface area contributed by atoms with Crippen molar-refractivity contribution >= 4 is 27.3 Å². The molecule has 0 aliphatic heterocycles. The molecule has 0 saturated heterocycles. The van der Waals surface area contributed by atoms with Crippen LogP contribution in [0.5, 0.6) is 0 Å². The highest BCUT2D eigenvalue weighted by atomic mass is 32.2. The Morgan fingerprint density at radius 1 is 1.00 bits per heavy atom. The number of amides is 1. The molecule has 0 bridgehead atoms. The highest BCUT2D eigenvalue weighted by Gasteiger charge is 2.30. The quantitative estimate of drug-likeness (QED) is 0.379. The summed E-state index contributed by atoms with van der Waals surface area (Å²) in [7, 11) is -3.89. The van der Waals surface area contributed by atoms with Crippen molar-refractivity contribution in [3.63, 3.8) is 0 Å². The van der Waals surface area contributed by atoms with Gasteiger partial charge in [0, 0.05) is 18.0 Å². The van der Waals surface area contributed by atoms with Crippen molar-refractivity contribution in [2.24, 2.45) is 0 Å². The van der Waals surface area contributed by atoms with Gasteiger partial charge in [-0.3, -0.25) is 4.79 Å². The summed E-state index contributed by atoms with van der Waals surface area (Å²) in [6.45, 7) is 9.87. The van der Waals surface area contributed by atoms with Crippen LogP contribution >= 0.6 is 11.3 Å². The Morgan fingerprint density at radius 2 is 1.67 bits per heavy atom. The topological polar surface area (TPSA) is 57.7 Å². The van der Waals surface area contributed by atoms with E-state index in [4.69, 9.17) is 0 Å². The van der Waals surface area contributed by atoms with Crippen LogP contribution in [0, 0.1) is 20.8 Å². The minimum Gasteiger partial charge on any atom is -0.332 e. The molecule has 0 saturated carbocycles. The fourth-order valence-corrected chi connectivity index (χ4v) is 6.46. The van der Waals surface area contributed by atoms with E-state index in [0.29, 0.717) is 24.2 Å². The van der Waals surface area contributed by atoms with Crippen LogP contribution in [0.15, 0.2) is 77.5 Å². The average molecular weight is 483 g/mol. The van der Waals surface area contributed by atoms with Crippen molar-refractivity contribution in [3.05, 3.63) is 99.8 Å².